The van der Waals surface area contributed by atoms with E-state index in [1.54, 1.807) is 0 Å². The molecule has 4 nitrogen and oxygen atoms in total. The second kappa shape index (κ2) is 8.14. The summed E-state index contributed by atoms with van der Waals surface area (Å²) >= 11 is 0. The quantitative estimate of drug-likeness (QED) is 0.817. The van der Waals surface area contributed by atoms with Crippen LogP contribution in [0.4, 0.5) is 0 Å². The van der Waals surface area contributed by atoms with E-state index in [-0.39, 0.29) is 0 Å². The molecule has 0 aromatic rings. The summed E-state index contributed by atoms with van der Waals surface area (Å²) in [5.74, 6) is 1.11. The van der Waals surface area contributed by atoms with Crippen molar-refractivity contribution in [1.29, 1.82) is 0 Å². The fourth-order valence-electron chi connectivity index (χ4n) is 3.97. The van der Waals surface area contributed by atoms with Gasteiger partial charge >= 0.3 is 0 Å². The molecule has 1 amide bonds. The van der Waals surface area contributed by atoms with Crippen LogP contribution >= 0.6 is 0 Å². The van der Waals surface area contributed by atoms with Crippen molar-refractivity contribution in [3.63, 3.8) is 0 Å². The molecule has 2 aliphatic rings. The van der Waals surface area contributed by atoms with Gasteiger partial charge in [0.05, 0.1) is 0 Å². The predicted octanol–water partition coefficient (Wildman–Crippen LogP) is 2.23. The Kier molecular flexibility index (Phi) is 6.49. The molecule has 1 saturated carbocycles. The van der Waals surface area contributed by atoms with Crippen molar-refractivity contribution >= 4 is 5.91 Å². The van der Waals surface area contributed by atoms with Crippen molar-refractivity contribution in [2.75, 3.05) is 26.2 Å². The Balaban J connectivity index is 1.69. The van der Waals surface area contributed by atoms with Gasteiger partial charge in [-0.05, 0) is 57.5 Å². The van der Waals surface area contributed by atoms with Gasteiger partial charge in [-0.1, -0.05) is 13.8 Å². The molecule has 0 spiro atoms. The largest absolute Gasteiger partial charge is 0.341 e. The van der Waals surface area contributed by atoms with Gasteiger partial charge in [0.1, 0.15) is 0 Å². The van der Waals surface area contributed by atoms with Crippen molar-refractivity contribution in [2.24, 2.45) is 11.7 Å². The van der Waals surface area contributed by atoms with Gasteiger partial charge in [0, 0.05) is 31.6 Å². The number of hydrogen-bond donors (Lipinski definition) is 1. The predicted molar refractivity (Wildman–Crippen MR) is 87.1 cm³/mol. The first-order valence-electron chi connectivity index (χ1n) is 8.91. The summed E-state index contributed by atoms with van der Waals surface area (Å²) in [7, 11) is 0. The van der Waals surface area contributed by atoms with Crippen molar-refractivity contribution in [3.05, 3.63) is 0 Å². The molecule has 1 unspecified atom stereocenters. The van der Waals surface area contributed by atoms with E-state index in [9.17, 15) is 4.79 Å². The van der Waals surface area contributed by atoms with E-state index in [0.29, 0.717) is 18.0 Å². The van der Waals surface area contributed by atoms with Crippen LogP contribution < -0.4 is 5.73 Å². The summed E-state index contributed by atoms with van der Waals surface area (Å²) in [6.45, 7) is 8.49. The zero-order chi connectivity index (χ0) is 15.2. The summed E-state index contributed by atoms with van der Waals surface area (Å²) in [6, 6.07) is 0.988. The van der Waals surface area contributed by atoms with E-state index in [0.717, 1.165) is 64.2 Å². The Hall–Kier alpha value is -0.610. The van der Waals surface area contributed by atoms with Gasteiger partial charge in [-0.2, -0.15) is 0 Å². The summed E-state index contributed by atoms with van der Waals surface area (Å²) in [4.78, 5) is 17.0. The van der Waals surface area contributed by atoms with Crippen molar-refractivity contribution < 1.29 is 4.79 Å². The van der Waals surface area contributed by atoms with Gasteiger partial charge in [-0.15, -0.1) is 0 Å². The first kappa shape index (κ1) is 16.8. The van der Waals surface area contributed by atoms with Crippen LogP contribution in [0.2, 0.25) is 0 Å². The van der Waals surface area contributed by atoms with Crippen LogP contribution in [0, 0.1) is 5.92 Å². The molecule has 2 N–H and O–H groups in total. The molecule has 21 heavy (non-hydrogen) atoms. The highest BCUT2D eigenvalue weighted by Crippen LogP contribution is 2.27. The lowest BCUT2D eigenvalue weighted by Crippen LogP contribution is -2.38. The number of carbonyl (C=O) groups excluding carboxylic acids is 1. The van der Waals surface area contributed by atoms with Gasteiger partial charge in [0.15, 0.2) is 0 Å². The standard InChI is InChI=1S/C17H33N3O/c1-3-19(4-2)16-11-12-20(13-16)17(21)10-7-14-5-8-15(18)9-6-14/h14-16H,3-13,18H2,1-2H3. The molecule has 1 aliphatic heterocycles. The summed E-state index contributed by atoms with van der Waals surface area (Å²) < 4.78 is 0. The molecule has 0 aromatic carbocycles. The van der Waals surface area contributed by atoms with E-state index in [2.05, 4.69) is 23.6 Å². The molecule has 0 bridgehead atoms. The zero-order valence-electron chi connectivity index (χ0n) is 13.9. The molecule has 2 fully saturated rings. The van der Waals surface area contributed by atoms with Crippen molar-refractivity contribution in [1.82, 2.24) is 9.80 Å². The minimum Gasteiger partial charge on any atom is -0.341 e. The maximum atomic E-state index is 12.4. The van der Waals surface area contributed by atoms with Gasteiger partial charge in [-0.3, -0.25) is 9.69 Å². The number of nitrogens with zero attached hydrogens (tertiary/aromatic N) is 2. The van der Waals surface area contributed by atoms with Gasteiger partial charge in [0.25, 0.3) is 0 Å². The maximum Gasteiger partial charge on any atom is 0.222 e. The van der Waals surface area contributed by atoms with Crippen LogP contribution in [0.15, 0.2) is 0 Å². The molecular weight excluding hydrogens is 262 g/mol. The smallest absolute Gasteiger partial charge is 0.222 e. The van der Waals surface area contributed by atoms with Crippen molar-refractivity contribution in [3.8, 4) is 0 Å². The molecule has 2 rings (SSSR count). The molecule has 1 heterocycles. The Morgan fingerprint density at radius 3 is 2.43 bits per heavy atom. The molecule has 4 heteroatoms. The van der Waals surface area contributed by atoms with Crippen LogP contribution in [0.1, 0.15) is 58.8 Å². The average Bonchev–Trinajstić information content (AvgIpc) is 2.97. The first-order valence-corrected chi connectivity index (χ1v) is 8.91. The fraction of sp³-hybridized carbons (Fsp3) is 0.941. The minimum atomic E-state index is 0.375. The number of amides is 1. The highest BCUT2D eigenvalue weighted by Gasteiger charge is 2.29. The third-order valence-corrected chi connectivity index (χ3v) is 5.50. The minimum absolute atomic E-state index is 0.375. The molecule has 122 valence electrons. The average molecular weight is 295 g/mol. The van der Waals surface area contributed by atoms with Crippen LogP contribution in [-0.4, -0.2) is 54.0 Å². The third-order valence-electron chi connectivity index (χ3n) is 5.50. The summed E-state index contributed by atoms with van der Waals surface area (Å²) in [5.41, 5.74) is 5.94. The Bertz CT molecular complexity index is 322. The lowest BCUT2D eigenvalue weighted by atomic mass is 9.84. The van der Waals surface area contributed by atoms with E-state index in [1.165, 1.54) is 12.8 Å². The highest BCUT2D eigenvalue weighted by molar-refractivity contribution is 5.76. The second-order valence-corrected chi connectivity index (χ2v) is 6.82. The van der Waals surface area contributed by atoms with Crippen LogP contribution in [0.3, 0.4) is 0 Å². The first-order chi connectivity index (χ1) is 10.1. The van der Waals surface area contributed by atoms with E-state index >= 15 is 0 Å². The SMILES string of the molecule is CCN(CC)C1CCN(C(=O)CCC2CCC(N)CC2)C1. The van der Waals surface area contributed by atoms with Gasteiger partial charge in [0.2, 0.25) is 5.91 Å². The summed E-state index contributed by atoms with van der Waals surface area (Å²) in [5, 5.41) is 0. The Labute approximate surface area is 130 Å². The van der Waals surface area contributed by atoms with Gasteiger partial charge < -0.3 is 10.6 Å². The number of nitrogens with two attached hydrogens (primary N) is 1. The van der Waals surface area contributed by atoms with E-state index in [1.807, 2.05) is 0 Å². The molecule has 0 radical (unpaired) electrons. The molecule has 0 aromatic heterocycles. The van der Waals surface area contributed by atoms with Crippen LogP contribution in [0.5, 0.6) is 0 Å². The summed E-state index contributed by atoms with van der Waals surface area (Å²) in [6.07, 6.45) is 7.68. The Morgan fingerprint density at radius 2 is 1.81 bits per heavy atom. The topological polar surface area (TPSA) is 49.6 Å². The van der Waals surface area contributed by atoms with Gasteiger partial charge in [-0.25, -0.2) is 0 Å². The number of rotatable bonds is 6. The van der Waals surface area contributed by atoms with Crippen LogP contribution in [-0.2, 0) is 4.79 Å². The molecule has 1 saturated heterocycles. The zero-order valence-corrected chi connectivity index (χ0v) is 13.9. The molecule has 1 aliphatic carbocycles. The molecule has 1 atom stereocenters. The maximum absolute atomic E-state index is 12.4. The number of likely N-dealkylation sites (N-methyl/N-ethyl adjacent to an activating group) is 1. The Morgan fingerprint density at radius 1 is 1.14 bits per heavy atom. The van der Waals surface area contributed by atoms with Crippen LogP contribution in [0.25, 0.3) is 0 Å². The monoisotopic (exact) mass is 295 g/mol. The number of carbonyl (C=O) groups is 1. The third kappa shape index (κ3) is 4.68. The number of likely N-dealkylation sites (tertiary alicyclic amines) is 1. The lowest BCUT2D eigenvalue weighted by Gasteiger charge is -2.27. The second-order valence-electron chi connectivity index (χ2n) is 6.82. The fourth-order valence-corrected chi connectivity index (χ4v) is 3.97. The van der Waals surface area contributed by atoms with Crippen molar-refractivity contribution in [2.45, 2.75) is 70.9 Å². The van der Waals surface area contributed by atoms with E-state index < -0.39 is 0 Å². The lowest BCUT2D eigenvalue weighted by molar-refractivity contribution is -0.130. The number of hydrogen-bond acceptors (Lipinski definition) is 3. The normalized spacial score (nSPS) is 30.1. The molecular formula is C17H33N3O. The van der Waals surface area contributed by atoms with E-state index in [4.69, 9.17) is 5.73 Å². The highest BCUT2D eigenvalue weighted by atomic mass is 16.2.